The lowest BCUT2D eigenvalue weighted by Gasteiger charge is -2.30. The highest BCUT2D eigenvalue weighted by molar-refractivity contribution is 7.66. The van der Waals surface area contributed by atoms with Gasteiger partial charge in [-0.25, -0.2) is 0 Å². The zero-order valence-electron chi connectivity index (χ0n) is 13.7. The van der Waals surface area contributed by atoms with Crippen molar-refractivity contribution in [2.24, 2.45) is 22.5 Å². The average molecular weight is 281 g/mol. The van der Waals surface area contributed by atoms with E-state index in [-0.39, 0.29) is 0 Å². The molecule has 0 atom stereocenters. The van der Waals surface area contributed by atoms with Crippen LogP contribution in [0.25, 0.3) is 0 Å². The number of rotatable bonds is 7. The van der Waals surface area contributed by atoms with Crippen LogP contribution in [0.5, 0.6) is 0 Å². The summed E-state index contributed by atoms with van der Waals surface area (Å²) in [6.45, 7) is 14.1. The summed E-state index contributed by atoms with van der Waals surface area (Å²) in [5.41, 5.74) is 1.33. The quantitative estimate of drug-likeness (QED) is 0.507. The lowest BCUT2D eigenvalue weighted by atomic mass is 10.3. The van der Waals surface area contributed by atoms with E-state index >= 15 is 0 Å². The molecule has 1 aliphatic carbocycles. The normalized spacial score (nSPS) is 15.7. The van der Waals surface area contributed by atoms with E-state index in [1.165, 1.54) is 24.2 Å². The first-order valence-corrected chi connectivity index (χ1v) is 10.1. The van der Waals surface area contributed by atoms with Crippen LogP contribution in [0.15, 0.2) is 28.7 Å². The van der Waals surface area contributed by atoms with Crippen LogP contribution < -0.4 is 0 Å². The van der Waals surface area contributed by atoms with Crippen molar-refractivity contribution in [1.29, 1.82) is 0 Å². The molecule has 0 bridgehead atoms. The number of nitrogens with zero attached hydrogens (tertiary/aromatic N) is 1. The highest BCUT2D eigenvalue weighted by Gasteiger charge is 2.24. The summed E-state index contributed by atoms with van der Waals surface area (Å²) in [7, 11) is -1.20. The predicted molar refractivity (Wildman–Crippen MR) is 90.3 cm³/mol. The van der Waals surface area contributed by atoms with Gasteiger partial charge in [-0.05, 0) is 49.4 Å². The molecule has 0 N–H and O–H groups in total. The van der Waals surface area contributed by atoms with E-state index < -0.39 is 7.05 Å². The molecule has 0 radical (unpaired) electrons. The molecule has 0 saturated heterocycles. The lowest BCUT2D eigenvalue weighted by molar-refractivity contribution is 0.689. The maximum Gasteiger partial charge on any atom is 0.0425 e. The van der Waals surface area contributed by atoms with Gasteiger partial charge in [0, 0.05) is 12.1 Å². The van der Waals surface area contributed by atoms with Crippen LogP contribution in [0, 0.1) is 17.8 Å². The predicted octanol–water partition coefficient (Wildman–Crippen LogP) is 6.00. The van der Waals surface area contributed by atoms with Gasteiger partial charge in [-0.3, -0.25) is 4.74 Å². The van der Waals surface area contributed by atoms with E-state index in [2.05, 4.69) is 59.8 Å². The Labute approximate surface area is 120 Å². The molecule has 1 nitrogen and oxygen atoms in total. The van der Waals surface area contributed by atoms with Crippen molar-refractivity contribution >= 4 is 7.05 Å². The van der Waals surface area contributed by atoms with Crippen molar-refractivity contribution < 1.29 is 0 Å². The Morgan fingerprint density at radius 2 is 1.42 bits per heavy atom. The summed E-state index contributed by atoms with van der Waals surface area (Å²) >= 11 is 0. The Morgan fingerprint density at radius 3 is 1.74 bits per heavy atom. The van der Waals surface area contributed by atoms with Gasteiger partial charge in [0.25, 0.3) is 0 Å². The van der Waals surface area contributed by atoms with Gasteiger partial charge in [-0.15, -0.1) is 0 Å². The monoisotopic (exact) mass is 281 g/mol. The fourth-order valence-electron chi connectivity index (χ4n) is 3.17. The van der Waals surface area contributed by atoms with E-state index in [1.54, 1.807) is 0 Å². The van der Waals surface area contributed by atoms with Gasteiger partial charge in [-0.2, -0.15) is 0 Å². The van der Waals surface area contributed by atoms with Gasteiger partial charge in [-0.1, -0.05) is 53.7 Å². The average Bonchev–Trinajstić information content (AvgIpc) is 2.65. The molecular weight excluding hydrogens is 249 g/mol. The van der Waals surface area contributed by atoms with Gasteiger partial charge < -0.3 is 0 Å². The molecule has 0 spiro atoms. The third-order valence-electron chi connectivity index (χ3n) is 3.21. The molecule has 19 heavy (non-hydrogen) atoms. The molecule has 0 aromatic carbocycles. The van der Waals surface area contributed by atoms with Crippen molar-refractivity contribution in [1.82, 2.24) is 0 Å². The minimum Gasteiger partial charge on any atom is -0.272 e. The van der Waals surface area contributed by atoms with E-state index in [1.807, 2.05) is 0 Å². The zero-order valence-corrected chi connectivity index (χ0v) is 14.6. The lowest BCUT2D eigenvalue weighted by Crippen LogP contribution is -2.12. The second-order valence-corrected chi connectivity index (χ2v) is 10.7. The standard InChI is InChI=1S/C17H32NP/c1-14(2)11-19(12-15(3)4,13-16(5)6)18-17-9-7-8-10-17/h7-9,14-16H,10-13H2,1-6H3. The summed E-state index contributed by atoms with van der Waals surface area (Å²) in [5.74, 6) is 2.26. The summed E-state index contributed by atoms with van der Waals surface area (Å²) in [6, 6.07) is 0. The molecular formula is C17H32NP. The van der Waals surface area contributed by atoms with Crippen molar-refractivity contribution in [2.75, 3.05) is 18.5 Å². The second-order valence-electron chi connectivity index (χ2n) is 7.21. The fraction of sp³-hybridized carbons (Fsp3) is 0.765. The van der Waals surface area contributed by atoms with Crippen LogP contribution in [-0.2, 0) is 0 Å². The van der Waals surface area contributed by atoms with Crippen LogP contribution in [0.1, 0.15) is 48.0 Å². The van der Waals surface area contributed by atoms with Crippen molar-refractivity contribution in [3.05, 3.63) is 23.9 Å². The van der Waals surface area contributed by atoms with Crippen LogP contribution in [0.3, 0.4) is 0 Å². The highest BCUT2D eigenvalue weighted by Crippen LogP contribution is 2.55. The van der Waals surface area contributed by atoms with E-state index in [0.29, 0.717) is 0 Å². The van der Waals surface area contributed by atoms with Gasteiger partial charge in [0.15, 0.2) is 0 Å². The maximum atomic E-state index is 5.34. The zero-order chi connectivity index (χ0) is 14.5. The largest absolute Gasteiger partial charge is 0.272 e. The summed E-state index contributed by atoms with van der Waals surface area (Å²) in [4.78, 5) is 0. The molecule has 0 aliphatic heterocycles. The Kier molecular flexibility index (Phi) is 6.60. The van der Waals surface area contributed by atoms with Crippen LogP contribution in [0.2, 0.25) is 0 Å². The number of hydrogen-bond donors (Lipinski definition) is 0. The van der Waals surface area contributed by atoms with Gasteiger partial charge in [0.05, 0.1) is 0 Å². The fourth-order valence-corrected chi connectivity index (χ4v) is 8.63. The van der Waals surface area contributed by atoms with E-state index in [4.69, 9.17) is 4.74 Å². The van der Waals surface area contributed by atoms with E-state index in [0.717, 1.165) is 24.2 Å². The van der Waals surface area contributed by atoms with Gasteiger partial charge >= 0.3 is 0 Å². The molecule has 0 heterocycles. The molecule has 2 heteroatoms. The first-order valence-electron chi connectivity index (χ1n) is 7.78. The molecule has 0 aromatic heterocycles. The number of allylic oxidation sites excluding steroid dienone is 3. The van der Waals surface area contributed by atoms with Crippen LogP contribution in [0.4, 0.5) is 0 Å². The molecule has 0 fully saturated rings. The third kappa shape index (κ3) is 6.13. The minimum atomic E-state index is -1.20. The maximum absolute atomic E-state index is 5.34. The van der Waals surface area contributed by atoms with Crippen molar-refractivity contribution in [2.45, 2.75) is 48.0 Å². The Bertz CT molecular complexity index is 353. The first kappa shape index (κ1) is 16.8. The SMILES string of the molecule is CC(C)CP(CC(C)C)(CC(C)C)=NC1=CC=CC1. The first-order chi connectivity index (χ1) is 8.83. The Balaban J connectivity index is 3.08. The van der Waals surface area contributed by atoms with Gasteiger partial charge in [0.1, 0.15) is 0 Å². The summed E-state index contributed by atoms with van der Waals surface area (Å²) in [6.07, 6.45) is 11.6. The number of hydrogen-bond acceptors (Lipinski definition) is 1. The highest BCUT2D eigenvalue weighted by atomic mass is 31.2. The molecule has 1 aliphatic rings. The second kappa shape index (κ2) is 7.48. The van der Waals surface area contributed by atoms with Crippen LogP contribution in [-0.4, -0.2) is 18.5 Å². The van der Waals surface area contributed by atoms with Gasteiger partial charge in [0.2, 0.25) is 0 Å². The Morgan fingerprint density at radius 1 is 0.947 bits per heavy atom. The summed E-state index contributed by atoms with van der Waals surface area (Å²) in [5, 5.41) is 0. The minimum absolute atomic E-state index is 0.754. The molecule has 0 amide bonds. The molecule has 0 unspecified atom stereocenters. The van der Waals surface area contributed by atoms with Crippen molar-refractivity contribution in [3.8, 4) is 0 Å². The topological polar surface area (TPSA) is 12.4 Å². The van der Waals surface area contributed by atoms with Crippen molar-refractivity contribution in [3.63, 3.8) is 0 Å². The Hall–Kier alpha value is -0.290. The molecule has 0 aromatic rings. The molecule has 1 rings (SSSR count). The summed E-state index contributed by atoms with van der Waals surface area (Å²) < 4.78 is 5.34. The van der Waals surface area contributed by atoms with Crippen LogP contribution >= 0.6 is 7.05 Å². The molecule has 0 saturated carbocycles. The smallest absolute Gasteiger partial charge is 0.0425 e. The third-order valence-corrected chi connectivity index (χ3v) is 8.12. The van der Waals surface area contributed by atoms with E-state index in [9.17, 15) is 0 Å². The molecule has 110 valence electrons.